The Kier molecular flexibility index (Phi) is 5.23. The van der Waals surface area contributed by atoms with E-state index in [-0.39, 0.29) is 5.97 Å². The first-order valence-corrected chi connectivity index (χ1v) is 7.77. The zero-order chi connectivity index (χ0) is 15.3. The van der Waals surface area contributed by atoms with Crippen LogP contribution in [0.15, 0.2) is 18.2 Å². The quantitative estimate of drug-likeness (QED) is 0.819. The Morgan fingerprint density at radius 2 is 2.19 bits per heavy atom. The minimum absolute atomic E-state index is 0.162. The molecular weight excluding hydrogens is 266 g/mol. The molecule has 1 aromatic carbocycles. The lowest BCUT2D eigenvalue weighted by Gasteiger charge is -2.38. The lowest BCUT2D eigenvalue weighted by atomic mass is 9.76. The van der Waals surface area contributed by atoms with Gasteiger partial charge in [-0.25, -0.2) is 4.79 Å². The summed E-state index contributed by atoms with van der Waals surface area (Å²) in [6.45, 7) is 5.15. The van der Waals surface area contributed by atoms with Gasteiger partial charge in [0, 0.05) is 0 Å². The lowest BCUT2D eigenvalue weighted by molar-refractivity contribution is -0.152. The van der Waals surface area contributed by atoms with Gasteiger partial charge in [0.25, 0.3) is 0 Å². The summed E-state index contributed by atoms with van der Waals surface area (Å²) in [5.41, 5.74) is 1.52. The first-order chi connectivity index (χ1) is 10.2. The minimum Gasteiger partial charge on any atom is -0.497 e. The van der Waals surface area contributed by atoms with Crippen LogP contribution in [0, 0.1) is 0 Å². The standard InChI is InChI=1S/C17H25NO3/c1-4-11-18-17(16(19)21-5-2)10-6-7-13-12-14(20-3)8-9-15(13)17/h8-9,12,18H,4-7,10-11H2,1-3H3. The molecule has 0 bridgehead atoms. The third-order valence-corrected chi connectivity index (χ3v) is 4.07. The molecule has 1 aliphatic carbocycles. The van der Waals surface area contributed by atoms with Gasteiger partial charge < -0.3 is 9.47 Å². The van der Waals surface area contributed by atoms with Crippen molar-refractivity contribution in [2.75, 3.05) is 20.3 Å². The molecule has 1 unspecified atom stereocenters. The molecule has 0 aliphatic heterocycles. The van der Waals surface area contributed by atoms with Gasteiger partial charge >= 0.3 is 5.97 Å². The zero-order valence-corrected chi connectivity index (χ0v) is 13.2. The third kappa shape index (κ3) is 3.05. The Morgan fingerprint density at radius 1 is 1.38 bits per heavy atom. The molecule has 0 radical (unpaired) electrons. The van der Waals surface area contributed by atoms with Gasteiger partial charge in [0.1, 0.15) is 11.3 Å². The Morgan fingerprint density at radius 3 is 2.86 bits per heavy atom. The summed E-state index contributed by atoms with van der Waals surface area (Å²) in [6, 6.07) is 5.97. The van der Waals surface area contributed by atoms with Gasteiger partial charge in [0.15, 0.2) is 0 Å². The van der Waals surface area contributed by atoms with E-state index < -0.39 is 5.54 Å². The van der Waals surface area contributed by atoms with Gasteiger partial charge in [-0.1, -0.05) is 13.0 Å². The molecule has 21 heavy (non-hydrogen) atoms. The molecule has 0 fully saturated rings. The Labute approximate surface area is 126 Å². The molecule has 0 saturated carbocycles. The number of fused-ring (bicyclic) bond motifs is 1. The molecule has 1 N–H and O–H groups in total. The highest BCUT2D eigenvalue weighted by Crippen LogP contribution is 2.38. The predicted molar refractivity (Wildman–Crippen MR) is 82.5 cm³/mol. The smallest absolute Gasteiger partial charge is 0.330 e. The molecule has 2 rings (SSSR count). The van der Waals surface area contributed by atoms with E-state index in [1.807, 2.05) is 25.1 Å². The number of hydrogen-bond donors (Lipinski definition) is 1. The molecule has 1 atom stereocenters. The number of benzene rings is 1. The normalized spacial score (nSPS) is 20.7. The molecule has 0 aromatic heterocycles. The van der Waals surface area contributed by atoms with Crippen molar-refractivity contribution >= 4 is 5.97 Å². The van der Waals surface area contributed by atoms with Gasteiger partial charge in [0.05, 0.1) is 13.7 Å². The van der Waals surface area contributed by atoms with Crippen molar-refractivity contribution in [2.24, 2.45) is 0 Å². The van der Waals surface area contributed by atoms with E-state index in [1.54, 1.807) is 7.11 Å². The second kappa shape index (κ2) is 6.94. The average molecular weight is 291 g/mol. The van der Waals surface area contributed by atoms with Crippen LogP contribution in [0.2, 0.25) is 0 Å². The van der Waals surface area contributed by atoms with Crippen LogP contribution in [0.5, 0.6) is 5.75 Å². The van der Waals surface area contributed by atoms with E-state index in [4.69, 9.17) is 9.47 Å². The summed E-state index contributed by atoms with van der Waals surface area (Å²) in [4.78, 5) is 12.6. The van der Waals surface area contributed by atoms with Gasteiger partial charge in [-0.3, -0.25) is 5.32 Å². The molecule has 1 aliphatic rings. The van der Waals surface area contributed by atoms with Crippen molar-refractivity contribution < 1.29 is 14.3 Å². The van der Waals surface area contributed by atoms with Gasteiger partial charge in [0.2, 0.25) is 0 Å². The molecule has 4 nitrogen and oxygen atoms in total. The fraction of sp³-hybridized carbons (Fsp3) is 0.588. The number of nitrogens with one attached hydrogen (secondary N) is 1. The van der Waals surface area contributed by atoms with Crippen LogP contribution in [0.3, 0.4) is 0 Å². The second-order valence-corrected chi connectivity index (χ2v) is 5.43. The van der Waals surface area contributed by atoms with Gasteiger partial charge in [-0.2, -0.15) is 0 Å². The first kappa shape index (κ1) is 15.8. The number of hydrogen-bond acceptors (Lipinski definition) is 4. The molecule has 1 aromatic rings. The van der Waals surface area contributed by atoms with Gasteiger partial charge in [-0.15, -0.1) is 0 Å². The zero-order valence-electron chi connectivity index (χ0n) is 13.2. The molecular formula is C17H25NO3. The summed E-state index contributed by atoms with van der Waals surface area (Å²) < 4.78 is 10.7. The van der Waals surface area contributed by atoms with E-state index in [0.29, 0.717) is 6.61 Å². The molecule has 0 amide bonds. The monoisotopic (exact) mass is 291 g/mol. The van der Waals surface area contributed by atoms with Crippen molar-refractivity contribution in [3.05, 3.63) is 29.3 Å². The molecule has 4 heteroatoms. The molecule has 0 spiro atoms. The van der Waals surface area contributed by atoms with Gasteiger partial charge in [-0.05, 0) is 62.4 Å². The van der Waals surface area contributed by atoms with E-state index in [9.17, 15) is 4.79 Å². The van der Waals surface area contributed by atoms with Crippen molar-refractivity contribution in [1.29, 1.82) is 0 Å². The lowest BCUT2D eigenvalue weighted by Crippen LogP contribution is -2.52. The number of aryl methyl sites for hydroxylation is 1. The summed E-state index contributed by atoms with van der Waals surface area (Å²) in [7, 11) is 1.67. The highest BCUT2D eigenvalue weighted by Gasteiger charge is 2.44. The Hall–Kier alpha value is -1.55. The van der Waals surface area contributed by atoms with E-state index >= 15 is 0 Å². The molecule has 116 valence electrons. The number of esters is 1. The summed E-state index contributed by atoms with van der Waals surface area (Å²) in [5, 5.41) is 3.45. The van der Waals surface area contributed by atoms with Crippen LogP contribution in [0.25, 0.3) is 0 Å². The van der Waals surface area contributed by atoms with Crippen molar-refractivity contribution in [1.82, 2.24) is 5.32 Å². The van der Waals surface area contributed by atoms with Crippen LogP contribution in [-0.2, 0) is 21.5 Å². The molecule has 0 saturated heterocycles. The number of carbonyl (C=O) groups excluding carboxylic acids is 1. The summed E-state index contributed by atoms with van der Waals surface area (Å²) in [6.07, 6.45) is 3.70. The highest BCUT2D eigenvalue weighted by atomic mass is 16.5. The maximum atomic E-state index is 12.6. The number of methoxy groups -OCH3 is 1. The highest BCUT2D eigenvalue weighted by molar-refractivity contribution is 5.83. The predicted octanol–water partition coefficient (Wildman–Crippen LogP) is 2.79. The maximum Gasteiger partial charge on any atom is 0.330 e. The van der Waals surface area contributed by atoms with E-state index in [1.165, 1.54) is 5.56 Å². The van der Waals surface area contributed by atoms with Crippen molar-refractivity contribution in [2.45, 2.75) is 45.1 Å². The summed E-state index contributed by atoms with van der Waals surface area (Å²) >= 11 is 0. The fourth-order valence-electron chi connectivity index (χ4n) is 3.06. The number of ether oxygens (including phenoxy) is 2. The average Bonchev–Trinajstić information content (AvgIpc) is 2.52. The van der Waals surface area contributed by atoms with Crippen molar-refractivity contribution in [3.63, 3.8) is 0 Å². The number of rotatable bonds is 6. The van der Waals surface area contributed by atoms with Crippen LogP contribution < -0.4 is 10.1 Å². The van der Waals surface area contributed by atoms with E-state index in [0.717, 1.165) is 43.5 Å². The topological polar surface area (TPSA) is 47.6 Å². The molecule has 0 heterocycles. The van der Waals surface area contributed by atoms with Crippen LogP contribution in [0.1, 0.15) is 44.2 Å². The SMILES string of the molecule is CCCNC1(C(=O)OCC)CCCc2cc(OC)ccc21. The Balaban J connectivity index is 2.44. The van der Waals surface area contributed by atoms with Crippen LogP contribution in [-0.4, -0.2) is 26.2 Å². The maximum absolute atomic E-state index is 12.6. The largest absolute Gasteiger partial charge is 0.497 e. The van der Waals surface area contributed by atoms with Crippen LogP contribution >= 0.6 is 0 Å². The minimum atomic E-state index is -0.703. The third-order valence-electron chi connectivity index (χ3n) is 4.07. The second-order valence-electron chi connectivity index (χ2n) is 5.43. The summed E-state index contributed by atoms with van der Waals surface area (Å²) in [5.74, 6) is 0.675. The number of carbonyl (C=O) groups is 1. The Bertz CT molecular complexity index is 501. The van der Waals surface area contributed by atoms with E-state index in [2.05, 4.69) is 12.2 Å². The fourth-order valence-corrected chi connectivity index (χ4v) is 3.06. The van der Waals surface area contributed by atoms with Crippen LogP contribution in [0.4, 0.5) is 0 Å². The van der Waals surface area contributed by atoms with Crippen molar-refractivity contribution in [3.8, 4) is 5.75 Å². The first-order valence-electron chi connectivity index (χ1n) is 7.77.